The lowest BCUT2D eigenvalue weighted by molar-refractivity contribution is -0.129. The molecule has 3 aliphatic carbocycles. The summed E-state index contributed by atoms with van der Waals surface area (Å²) in [5.41, 5.74) is 7.07. The SMILES string of the molecule is CC12CCC3C(CNC4=CC(=O)CC[C@@]43C)C1CCC2C(N)=O. The maximum absolute atomic E-state index is 11.9. The van der Waals surface area contributed by atoms with Gasteiger partial charge in [0.15, 0.2) is 5.78 Å². The van der Waals surface area contributed by atoms with Crippen LogP contribution in [0.4, 0.5) is 0 Å². The molecule has 23 heavy (non-hydrogen) atoms. The van der Waals surface area contributed by atoms with E-state index in [0.717, 1.165) is 38.6 Å². The molecule has 1 heterocycles. The normalized spacial score (nSPS) is 48.6. The van der Waals surface area contributed by atoms with E-state index in [0.29, 0.717) is 24.2 Å². The van der Waals surface area contributed by atoms with Gasteiger partial charge in [-0.25, -0.2) is 0 Å². The van der Waals surface area contributed by atoms with Crippen LogP contribution in [0.15, 0.2) is 11.8 Å². The van der Waals surface area contributed by atoms with Crippen LogP contribution in [-0.2, 0) is 9.59 Å². The van der Waals surface area contributed by atoms with Crippen molar-refractivity contribution in [3.63, 3.8) is 0 Å². The molecule has 0 spiro atoms. The quantitative estimate of drug-likeness (QED) is 0.780. The molecular formula is C19H28N2O2. The summed E-state index contributed by atoms with van der Waals surface area (Å²) in [4.78, 5) is 23.7. The van der Waals surface area contributed by atoms with Gasteiger partial charge in [-0.15, -0.1) is 0 Å². The van der Waals surface area contributed by atoms with Crippen LogP contribution in [0.2, 0.25) is 0 Å². The number of amides is 1. The van der Waals surface area contributed by atoms with Crippen molar-refractivity contribution in [3.8, 4) is 0 Å². The fraction of sp³-hybridized carbons (Fsp3) is 0.789. The number of piperidine rings is 1. The number of nitrogens with one attached hydrogen (secondary N) is 1. The molecule has 1 saturated heterocycles. The maximum Gasteiger partial charge on any atom is 0.221 e. The van der Waals surface area contributed by atoms with Gasteiger partial charge in [0.25, 0.3) is 0 Å². The van der Waals surface area contributed by atoms with Crippen molar-refractivity contribution in [2.45, 2.75) is 52.4 Å². The Kier molecular flexibility index (Phi) is 3.20. The third kappa shape index (κ3) is 1.96. The van der Waals surface area contributed by atoms with E-state index in [9.17, 15) is 9.59 Å². The van der Waals surface area contributed by atoms with Crippen molar-refractivity contribution in [1.82, 2.24) is 5.32 Å². The second-order valence-electron chi connectivity index (χ2n) is 8.78. The zero-order chi connectivity index (χ0) is 16.4. The fourth-order valence-corrected chi connectivity index (χ4v) is 6.61. The molecule has 0 aromatic carbocycles. The minimum atomic E-state index is -0.104. The fourth-order valence-electron chi connectivity index (χ4n) is 6.61. The summed E-state index contributed by atoms with van der Waals surface area (Å²) in [6.45, 7) is 5.60. The third-order valence-corrected chi connectivity index (χ3v) is 7.94. The number of ketones is 1. The third-order valence-electron chi connectivity index (χ3n) is 7.94. The average Bonchev–Trinajstić information content (AvgIpc) is 2.85. The summed E-state index contributed by atoms with van der Waals surface area (Å²) in [6.07, 6.45) is 7.84. The van der Waals surface area contributed by atoms with E-state index in [2.05, 4.69) is 19.2 Å². The number of hydrogen-bond donors (Lipinski definition) is 2. The number of hydrogen-bond acceptors (Lipinski definition) is 3. The first-order valence-corrected chi connectivity index (χ1v) is 9.14. The second kappa shape index (κ2) is 4.84. The largest absolute Gasteiger partial charge is 0.387 e. The Morgan fingerprint density at radius 3 is 2.74 bits per heavy atom. The number of allylic oxidation sites excluding steroid dienone is 2. The summed E-state index contributed by atoms with van der Waals surface area (Å²) < 4.78 is 0. The molecule has 4 aliphatic rings. The Morgan fingerprint density at radius 2 is 2.00 bits per heavy atom. The lowest BCUT2D eigenvalue weighted by atomic mass is 9.50. The minimum Gasteiger partial charge on any atom is -0.387 e. The highest BCUT2D eigenvalue weighted by Crippen LogP contribution is 2.64. The second-order valence-corrected chi connectivity index (χ2v) is 8.78. The van der Waals surface area contributed by atoms with E-state index in [1.165, 1.54) is 5.70 Å². The predicted molar refractivity (Wildman–Crippen MR) is 88.2 cm³/mol. The highest BCUT2D eigenvalue weighted by molar-refractivity contribution is 5.91. The number of rotatable bonds is 1. The first kappa shape index (κ1) is 15.2. The van der Waals surface area contributed by atoms with Crippen molar-refractivity contribution in [3.05, 3.63) is 11.8 Å². The monoisotopic (exact) mass is 316 g/mol. The Bertz CT molecular complexity index is 598. The van der Waals surface area contributed by atoms with Gasteiger partial charge in [0.2, 0.25) is 5.91 Å². The van der Waals surface area contributed by atoms with E-state index < -0.39 is 0 Å². The standard InChI is InChI=1S/C19H28N2O2/c1-18-8-6-14-12(13(18)3-4-15(18)17(20)23)10-21-16-9-11(22)5-7-19(14,16)2/h9,12-15,21H,3-8,10H2,1-2H3,(H2,20,23)/t12?,13?,14?,15?,18?,19-/m1/s1. The summed E-state index contributed by atoms with van der Waals surface area (Å²) in [6, 6.07) is 0. The van der Waals surface area contributed by atoms with E-state index >= 15 is 0 Å². The molecule has 0 radical (unpaired) electrons. The molecule has 3 N–H and O–H groups in total. The molecular weight excluding hydrogens is 288 g/mol. The Hall–Kier alpha value is -1.32. The molecule has 4 rings (SSSR count). The molecule has 0 bridgehead atoms. The maximum atomic E-state index is 11.9. The predicted octanol–water partition coefficient (Wildman–Crippen LogP) is 2.39. The van der Waals surface area contributed by atoms with Gasteiger partial charge < -0.3 is 11.1 Å². The van der Waals surface area contributed by atoms with Crippen LogP contribution in [-0.4, -0.2) is 18.2 Å². The van der Waals surface area contributed by atoms with E-state index in [1.54, 1.807) is 0 Å². The van der Waals surface area contributed by atoms with E-state index in [-0.39, 0.29) is 28.4 Å². The van der Waals surface area contributed by atoms with Crippen LogP contribution in [0.3, 0.4) is 0 Å². The lowest BCUT2D eigenvalue weighted by Gasteiger charge is -2.58. The molecule has 1 aliphatic heterocycles. The average molecular weight is 316 g/mol. The van der Waals surface area contributed by atoms with Crippen molar-refractivity contribution < 1.29 is 9.59 Å². The highest BCUT2D eigenvalue weighted by atomic mass is 16.1. The summed E-state index contributed by atoms with van der Waals surface area (Å²) in [5.74, 6) is 2.03. The van der Waals surface area contributed by atoms with Gasteiger partial charge in [0, 0.05) is 36.1 Å². The van der Waals surface area contributed by atoms with Gasteiger partial charge >= 0.3 is 0 Å². The van der Waals surface area contributed by atoms with Crippen LogP contribution in [0.25, 0.3) is 0 Å². The molecule has 6 atom stereocenters. The van der Waals surface area contributed by atoms with Gasteiger partial charge in [0.1, 0.15) is 0 Å². The van der Waals surface area contributed by atoms with Crippen molar-refractivity contribution in [2.75, 3.05) is 6.54 Å². The highest BCUT2D eigenvalue weighted by Gasteiger charge is 2.60. The number of nitrogens with two attached hydrogens (primary N) is 1. The summed E-state index contributed by atoms with van der Waals surface area (Å²) in [5, 5.41) is 3.59. The van der Waals surface area contributed by atoms with Crippen LogP contribution >= 0.6 is 0 Å². The lowest BCUT2D eigenvalue weighted by Crippen LogP contribution is -2.57. The van der Waals surface area contributed by atoms with Crippen molar-refractivity contribution in [1.29, 1.82) is 0 Å². The minimum absolute atomic E-state index is 0.0473. The smallest absolute Gasteiger partial charge is 0.221 e. The zero-order valence-corrected chi connectivity index (χ0v) is 14.2. The Balaban J connectivity index is 1.67. The first-order chi connectivity index (χ1) is 10.9. The van der Waals surface area contributed by atoms with Gasteiger partial charge in [0.05, 0.1) is 0 Å². The van der Waals surface area contributed by atoms with Crippen molar-refractivity contribution >= 4 is 11.7 Å². The molecule has 4 heteroatoms. The Labute approximate surface area is 138 Å². The van der Waals surface area contributed by atoms with Gasteiger partial charge in [-0.2, -0.15) is 0 Å². The molecule has 2 saturated carbocycles. The summed E-state index contributed by atoms with van der Waals surface area (Å²) >= 11 is 0. The molecule has 5 unspecified atom stereocenters. The number of fused-ring (bicyclic) bond motifs is 5. The topological polar surface area (TPSA) is 72.2 Å². The van der Waals surface area contributed by atoms with Crippen LogP contribution in [0.5, 0.6) is 0 Å². The number of carbonyl (C=O) groups excluding carboxylic acids is 2. The molecule has 1 amide bonds. The number of carbonyl (C=O) groups is 2. The van der Waals surface area contributed by atoms with E-state index in [4.69, 9.17) is 5.73 Å². The van der Waals surface area contributed by atoms with Gasteiger partial charge in [-0.05, 0) is 55.3 Å². The van der Waals surface area contributed by atoms with E-state index in [1.807, 2.05) is 6.08 Å². The van der Waals surface area contributed by atoms with Gasteiger partial charge in [-0.1, -0.05) is 13.8 Å². The van der Waals surface area contributed by atoms with Crippen molar-refractivity contribution in [2.24, 2.45) is 40.2 Å². The van der Waals surface area contributed by atoms with Crippen LogP contribution in [0, 0.1) is 34.5 Å². The molecule has 4 nitrogen and oxygen atoms in total. The van der Waals surface area contributed by atoms with Gasteiger partial charge in [-0.3, -0.25) is 9.59 Å². The summed E-state index contributed by atoms with van der Waals surface area (Å²) in [7, 11) is 0. The molecule has 0 aromatic heterocycles. The number of primary amides is 1. The first-order valence-electron chi connectivity index (χ1n) is 9.14. The zero-order valence-electron chi connectivity index (χ0n) is 14.2. The molecule has 126 valence electrons. The molecule has 3 fully saturated rings. The van der Waals surface area contributed by atoms with Crippen LogP contribution in [0.1, 0.15) is 52.4 Å². The molecule has 0 aromatic rings. The van der Waals surface area contributed by atoms with Crippen LogP contribution < -0.4 is 11.1 Å². The Morgan fingerprint density at radius 1 is 1.22 bits per heavy atom.